The fourth-order valence-electron chi connectivity index (χ4n) is 2.41. The number of methoxy groups -OCH3 is 2. The second kappa shape index (κ2) is 6.00. The number of aromatic nitrogens is 2. The van der Waals surface area contributed by atoms with E-state index in [1.165, 1.54) is 0 Å². The fourth-order valence-corrected chi connectivity index (χ4v) is 2.41. The molecule has 3 aromatic rings. The molecule has 0 aliphatic carbocycles. The van der Waals surface area contributed by atoms with Gasteiger partial charge in [0.2, 0.25) is 0 Å². The minimum atomic E-state index is 0.546. The Morgan fingerprint density at radius 1 is 1.13 bits per heavy atom. The van der Waals surface area contributed by atoms with Crippen LogP contribution in [0.1, 0.15) is 12.5 Å². The summed E-state index contributed by atoms with van der Waals surface area (Å²) < 4.78 is 10.6. The molecule has 0 amide bonds. The number of nitrogens with zero attached hydrogens (tertiary/aromatic N) is 2. The molecule has 118 valence electrons. The summed E-state index contributed by atoms with van der Waals surface area (Å²) in [4.78, 5) is 7.87. The molecule has 0 saturated heterocycles. The topological polar surface area (TPSA) is 79.7 Å². The zero-order chi connectivity index (χ0) is 16.4. The molecule has 0 spiro atoms. The van der Waals surface area contributed by atoms with Crippen molar-refractivity contribution < 1.29 is 14.7 Å². The summed E-state index contributed by atoms with van der Waals surface area (Å²) in [6, 6.07) is 11.2. The first-order chi connectivity index (χ1) is 11.2. The van der Waals surface area contributed by atoms with Crippen molar-refractivity contribution in [2.24, 2.45) is 5.16 Å². The zero-order valence-electron chi connectivity index (χ0n) is 13.1. The van der Waals surface area contributed by atoms with Gasteiger partial charge in [-0.25, -0.2) is 4.98 Å². The van der Waals surface area contributed by atoms with Crippen molar-refractivity contribution in [3.63, 3.8) is 0 Å². The number of fused-ring (bicyclic) bond motifs is 1. The van der Waals surface area contributed by atoms with E-state index in [9.17, 15) is 0 Å². The number of imidazole rings is 1. The van der Waals surface area contributed by atoms with Gasteiger partial charge in [0.15, 0.2) is 0 Å². The highest BCUT2D eigenvalue weighted by Gasteiger charge is 2.12. The second-order valence-corrected chi connectivity index (χ2v) is 5.07. The molecule has 1 aromatic heterocycles. The van der Waals surface area contributed by atoms with Crippen LogP contribution in [-0.4, -0.2) is 35.1 Å². The van der Waals surface area contributed by atoms with Gasteiger partial charge >= 0.3 is 0 Å². The number of rotatable bonds is 4. The molecule has 2 N–H and O–H groups in total. The summed E-state index contributed by atoms with van der Waals surface area (Å²) in [5.41, 5.74) is 3.91. The van der Waals surface area contributed by atoms with E-state index in [0.717, 1.165) is 27.9 Å². The number of aromatic amines is 1. The molecular weight excluding hydrogens is 294 g/mol. The first-order valence-electron chi connectivity index (χ1n) is 7.07. The Morgan fingerprint density at radius 2 is 1.96 bits per heavy atom. The summed E-state index contributed by atoms with van der Waals surface area (Å²) in [6.45, 7) is 1.74. The molecule has 0 saturated carbocycles. The summed E-state index contributed by atoms with van der Waals surface area (Å²) in [5, 5.41) is 12.1. The lowest BCUT2D eigenvalue weighted by Gasteiger charge is -2.08. The molecule has 2 aromatic carbocycles. The molecule has 6 nitrogen and oxygen atoms in total. The number of ether oxygens (including phenoxy) is 2. The fraction of sp³-hybridized carbons (Fsp3) is 0.176. The lowest BCUT2D eigenvalue weighted by atomic mass is 10.1. The SMILES string of the molecule is COc1ccc(-c2nc3ccc(/C(C)=N/O)cc3[nH]2)c(OC)c1. The van der Waals surface area contributed by atoms with Crippen LogP contribution in [-0.2, 0) is 0 Å². The van der Waals surface area contributed by atoms with Crippen LogP contribution in [0.3, 0.4) is 0 Å². The Morgan fingerprint density at radius 3 is 2.65 bits per heavy atom. The van der Waals surface area contributed by atoms with Crippen molar-refractivity contribution in [2.45, 2.75) is 6.92 Å². The van der Waals surface area contributed by atoms with Crippen molar-refractivity contribution in [3.05, 3.63) is 42.0 Å². The van der Waals surface area contributed by atoms with Crippen molar-refractivity contribution in [1.82, 2.24) is 9.97 Å². The highest BCUT2D eigenvalue weighted by Crippen LogP contribution is 2.32. The average molecular weight is 311 g/mol. The average Bonchev–Trinajstić information content (AvgIpc) is 3.03. The van der Waals surface area contributed by atoms with Crippen LogP contribution < -0.4 is 9.47 Å². The van der Waals surface area contributed by atoms with Crippen LogP contribution in [0.4, 0.5) is 0 Å². The Labute approximate surface area is 133 Å². The quantitative estimate of drug-likeness (QED) is 0.439. The van der Waals surface area contributed by atoms with Crippen molar-refractivity contribution in [3.8, 4) is 22.9 Å². The van der Waals surface area contributed by atoms with E-state index in [0.29, 0.717) is 17.3 Å². The van der Waals surface area contributed by atoms with Gasteiger partial charge in [0.1, 0.15) is 17.3 Å². The molecule has 6 heteroatoms. The van der Waals surface area contributed by atoms with Crippen LogP contribution in [0.2, 0.25) is 0 Å². The largest absolute Gasteiger partial charge is 0.497 e. The van der Waals surface area contributed by atoms with Crippen LogP contribution in [0.15, 0.2) is 41.6 Å². The highest BCUT2D eigenvalue weighted by atomic mass is 16.5. The third kappa shape index (κ3) is 2.70. The molecule has 1 heterocycles. The number of H-pyrrole nitrogens is 1. The van der Waals surface area contributed by atoms with Gasteiger partial charge in [-0.3, -0.25) is 0 Å². The van der Waals surface area contributed by atoms with Crippen LogP contribution >= 0.6 is 0 Å². The van der Waals surface area contributed by atoms with Crippen LogP contribution in [0.5, 0.6) is 11.5 Å². The summed E-state index contributed by atoms with van der Waals surface area (Å²) in [7, 11) is 3.22. The highest BCUT2D eigenvalue weighted by molar-refractivity contribution is 6.01. The van der Waals surface area contributed by atoms with E-state index in [2.05, 4.69) is 15.1 Å². The number of benzene rings is 2. The first-order valence-corrected chi connectivity index (χ1v) is 7.07. The van der Waals surface area contributed by atoms with Gasteiger partial charge < -0.3 is 19.7 Å². The maximum Gasteiger partial charge on any atom is 0.142 e. The van der Waals surface area contributed by atoms with E-state index in [1.807, 2.05) is 36.4 Å². The molecule has 0 aliphatic heterocycles. The van der Waals surface area contributed by atoms with Gasteiger partial charge in [-0.15, -0.1) is 0 Å². The molecule has 3 rings (SSSR count). The summed E-state index contributed by atoms with van der Waals surface area (Å²) in [5.74, 6) is 2.10. The number of hydrogen-bond acceptors (Lipinski definition) is 5. The molecule has 0 bridgehead atoms. The Kier molecular flexibility index (Phi) is 3.89. The molecular formula is C17H17N3O3. The molecule has 0 unspecified atom stereocenters. The second-order valence-electron chi connectivity index (χ2n) is 5.07. The molecule has 0 radical (unpaired) electrons. The lowest BCUT2D eigenvalue weighted by molar-refractivity contribution is 0.319. The number of oxime groups is 1. The van der Waals surface area contributed by atoms with Gasteiger partial charge in [0.05, 0.1) is 36.5 Å². The summed E-state index contributed by atoms with van der Waals surface area (Å²) in [6.07, 6.45) is 0. The first kappa shape index (κ1) is 14.9. The molecule has 0 fully saturated rings. The predicted octanol–water partition coefficient (Wildman–Crippen LogP) is 3.45. The molecule has 0 atom stereocenters. The van der Waals surface area contributed by atoms with Crippen molar-refractivity contribution in [2.75, 3.05) is 14.2 Å². The third-order valence-corrected chi connectivity index (χ3v) is 3.71. The van der Waals surface area contributed by atoms with Gasteiger partial charge in [0, 0.05) is 11.6 Å². The zero-order valence-corrected chi connectivity index (χ0v) is 13.1. The Bertz CT molecular complexity index is 884. The van der Waals surface area contributed by atoms with Crippen molar-refractivity contribution >= 4 is 16.7 Å². The molecule has 0 aliphatic rings. The van der Waals surface area contributed by atoms with Gasteiger partial charge in [0.25, 0.3) is 0 Å². The van der Waals surface area contributed by atoms with E-state index in [1.54, 1.807) is 21.1 Å². The Balaban J connectivity index is 2.10. The standard InChI is InChI=1S/C17H17N3O3/c1-10(20-21)11-4-7-14-15(8-11)19-17(18-14)13-6-5-12(22-2)9-16(13)23-3/h4-9,21H,1-3H3,(H,18,19)/b20-10+. The number of nitrogens with one attached hydrogen (secondary N) is 1. The van der Waals surface area contributed by atoms with Crippen molar-refractivity contribution in [1.29, 1.82) is 0 Å². The maximum absolute atomic E-state index is 8.89. The summed E-state index contributed by atoms with van der Waals surface area (Å²) >= 11 is 0. The van der Waals surface area contributed by atoms with Gasteiger partial charge in [-0.05, 0) is 31.2 Å². The monoisotopic (exact) mass is 311 g/mol. The van der Waals surface area contributed by atoms with E-state index in [4.69, 9.17) is 14.7 Å². The normalized spacial score (nSPS) is 11.7. The van der Waals surface area contributed by atoms with Crippen LogP contribution in [0, 0.1) is 0 Å². The maximum atomic E-state index is 8.89. The molecule has 23 heavy (non-hydrogen) atoms. The smallest absolute Gasteiger partial charge is 0.142 e. The minimum Gasteiger partial charge on any atom is -0.497 e. The lowest BCUT2D eigenvalue weighted by Crippen LogP contribution is -1.93. The predicted molar refractivity (Wildman–Crippen MR) is 88.6 cm³/mol. The Hall–Kier alpha value is -3.02. The third-order valence-electron chi connectivity index (χ3n) is 3.71. The van der Waals surface area contributed by atoms with E-state index in [-0.39, 0.29) is 0 Å². The number of hydrogen-bond donors (Lipinski definition) is 2. The van der Waals surface area contributed by atoms with E-state index >= 15 is 0 Å². The van der Waals surface area contributed by atoms with E-state index < -0.39 is 0 Å². The van der Waals surface area contributed by atoms with Gasteiger partial charge in [-0.1, -0.05) is 11.2 Å². The van der Waals surface area contributed by atoms with Gasteiger partial charge in [-0.2, -0.15) is 0 Å². The van der Waals surface area contributed by atoms with Crippen LogP contribution in [0.25, 0.3) is 22.4 Å². The minimum absolute atomic E-state index is 0.546.